The van der Waals surface area contributed by atoms with Gasteiger partial charge in [-0.05, 0) is 61.6 Å². The van der Waals surface area contributed by atoms with Crippen molar-refractivity contribution in [3.05, 3.63) is 45.1 Å². The van der Waals surface area contributed by atoms with Crippen LogP contribution in [-0.4, -0.2) is 34.6 Å². The van der Waals surface area contributed by atoms with Crippen molar-refractivity contribution >= 4 is 29.6 Å². The number of nitrogens with two attached hydrogens (primary N) is 1. The molecule has 0 spiro atoms. The number of hydrogen-bond donors (Lipinski definition) is 2. The molecular weight excluding hydrogens is 409 g/mol. The number of carboxylic acid groups (broad SMARTS) is 1. The van der Waals surface area contributed by atoms with Crippen LogP contribution in [0.5, 0.6) is 0 Å². The molecule has 0 bridgehead atoms. The number of aryl methyl sites for hydroxylation is 1. The molecule has 2 fully saturated rings. The molecule has 0 radical (unpaired) electrons. The first-order chi connectivity index (χ1) is 13.8. The van der Waals surface area contributed by atoms with E-state index in [0.717, 1.165) is 50.4 Å². The molecule has 0 amide bonds. The number of anilines is 1. The number of pyridine rings is 2. The van der Waals surface area contributed by atoms with Gasteiger partial charge in [-0.25, -0.2) is 9.18 Å². The van der Waals surface area contributed by atoms with E-state index in [9.17, 15) is 14.7 Å². The standard InChI is InChI=1S/C22H28FN3O3.ClH/c1-3-4-18(24)14-7-8-25(10-14)20-12(2)19-15(13-5-6-13)9-16(22(28)29)21(27)26(19)11-17(20)23;/h9,11,13-14,18H,3-8,10,24H2,1-2H3,(H,28,29);1H/t14-,18?;/m1./s1. The third kappa shape index (κ3) is 3.81. The van der Waals surface area contributed by atoms with Gasteiger partial charge in [0.2, 0.25) is 0 Å². The van der Waals surface area contributed by atoms with Crippen LogP contribution in [0.4, 0.5) is 10.1 Å². The van der Waals surface area contributed by atoms with Gasteiger partial charge >= 0.3 is 5.97 Å². The largest absolute Gasteiger partial charge is 0.477 e. The zero-order valence-corrected chi connectivity index (χ0v) is 18.2. The third-order valence-electron chi connectivity index (χ3n) is 6.46. The second-order valence-electron chi connectivity index (χ2n) is 8.51. The molecule has 1 unspecified atom stereocenters. The lowest BCUT2D eigenvalue weighted by Gasteiger charge is -2.25. The summed E-state index contributed by atoms with van der Waals surface area (Å²) in [6.07, 6.45) is 5.98. The number of nitrogens with zero attached hydrogens (tertiary/aromatic N) is 2. The van der Waals surface area contributed by atoms with Crippen molar-refractivity contribution in [2.45, 2.75) is 57.9 Å². The first-order valence-electron chi connectivity index (χ1n) is 10.5. The summed E-state index contributed by atoms with van der Waals surface area (Å²) in [6.45, 7) is 5.37. The van der Waals surface area contributed by atoms with Crippen molar-refractivity contribution in [3.63, 3.8) is 0 Å². The lowest BCUT2D eigenvalue weighted by molar-refractivity contribution is 0.0694. The zero-order valence-electron chi connectivity index (χ0n) is 17.4. The van der Waals surface area contributed by atoms with Gasteiger partial charge in [-0.3, -0.25) is 9.20 Å². The Hall–Kier alpha value is -2.12. The minimum Gasteiger partial charge on any atom is -0.477 e. The molecule has 1 aliphatic carbocycles. The maximum absolute atomic E-state index is 15.2. The molecule has 1 saturated heterocycles. The number of hydrogen-bond acceptors (Lipinski definition) is 4. The monoisotopic (exact) mass is 437 g/mol. The van der Waals surface area contributed by atoms with Gasteiger partial charge in [0.05, 0.1) is 17.4 Å². The maximum Gasteiger partial charge on any atom is 0.341 e. The van der Waals surface area contributed by atoms with E-state index in [1.165, 1.54) is 10.5 Å². The fraction of sp³-hybridized carbons (Fsp3) is 0.545. The highest BCUT2D eigenvalue weighted by Gasteiger charge is 2.33. The fourth-order valence-corrected chi connectivity index (χ4v) is 4.80. The number of aromatic nitrogens is 1. The van der Waals surface area contributed by atoms with Gasteiger partial charge in [-0.2, -0.15) is 0 Å². The van der Waals surface area contributed by atoms with Crippen LogP contribution < -0.4 is 16.2 Å². The Labute approximate surface area is 181 Å². The molecule has 0 aromatic carbocycles. The Morgan fingerprint density at radius 1 is 1.37 bits per heavy atom. The summed E-state index contributed by atoms with van der Waals surface area (Å²) in [7, 11) is 0. The first-order valence-corrected chi connectivity index (χ1v) is 10.5. The van der Waals surface area contributed by atoms with Crippen LogP contribution in [0.15, 0.2) is 17.1 Å². The highest BCUT2D eigenvalue weighted by molar-refractivity contribution is 5.89. The molecule has 2 atom stereocenters. The van der Waals surface area contributed by atoms with Crippen molar-refractivity contribution in [2.24, 2.45) is 11.7 Å². The van der Waals surface area contributed by atoms with Gasteiger partial charge in [-0.1, -0.05) is 13.3 Å². The molecule has 2 aromatic heterocycles. The summed E-state index contributed by atoms with van der Waals surface area (Å²) in [4.78, 5) is 26.3. The topological polar surface area (TPSA) is 88.0 Å². The first kappa shape index (κ1) is 22.6. The smallest absolute Gasteiger partial charge is 0.341 e. The molecule has 2 aromatic rings. The third-order valence-corrected chi connectivity index (χ3v) is 6.46. The summed E-state index contributed by atoms with van der Waals surface area (Å²) in [5.74, 6) is -1.22. The van der Waals surface area contributed by atoms with Crippen molar-refractivity contribution in [2.75, 3.05) is 18.0 Å². The molecule has 1 saturated carbocycles. The van der Waals surface area contributed by atoms with E-state index in [-0.39, 0.29) is 29.9 Å². The van der Waals surface area contributed by atoms with E-state index < -0.39 is 17.3 Å². The molecule has 8 heteroatoms. The number of aromatic carboxylic acids is 1. The number of carboxylic acids is 1. The Morgan fingerprint density at radius 3 is 2.67 bits per heavy atom. The van der Waals surface area contributed by atoms with Crippen molar-refractivity contribution < 1.29 is 14.3 Å². The molecule has 1 aliphatic heterocycles. The summed E-state index contributed by atoms with van der Waals surface area (Å²) in [6, 6.07) is 1.60. The lowest BCUT2D eigenvalue weighted by Crippen LogP contribution is -2.33. The van der Waals surface area contributed by atoms with Gasteiger partial charge in [0.15, 0.2) is 5.82 Å². The minimum absolute atomic E-state index is 0. The van der Waals surface area contributed by atoms with E-state index in [1.807, 2.05) is 11.8 Å². The summed E-state index contributed by atoms with van der Waals surface area (Å²) < 4.78 is 16.4. The zero-order chi connectivity index (χ0) is 20.9. The van der Waals surface area contributed by atoms with E-state index in [4.69, 9.17) is 5.73 Å². The van der Waals surface area contributed by atoms with E-state index >= 15 is 4.39 Å². The van der Waals surface area contributed by atoms with Crippen LogP contribution in [0.3, 0.4) is 0 Å². The van der Waals surface area contributed by atoms with Crippen LogP contribution in [0, 0.1) is 18.7 Å². The average molecular weight is 438 g/mol. The fourth-order valence-electron chi connectivity index (χ4n) is 4.80. The summed E-state index contributed by atoms with van der Waals surface area (Å²) in [5.41, 5.74) is 8.02. The Bertz CT molecular complexity index is 1030. The molecule has 4 rings (SSSR count). The van der Waals surface area contributed by atoms with Crippen LogP contribution in [0.2, 0.25) is 0 Å². The Morgan fingerprint density at radius 2 is 2.07 bits per heavy atom. The Kier molecular flexibility index (Phi) is 6.43. The predicted molar refractivity (Wildman–Crippen MR) is 118 cm³/mol. The lowest BCUT2D eigenvalue weighted by atomic mass is 9.96. The van der Waals surface area contributed by atoms with Gasteiger partial charge < -0.3 is 15.7 Å². The van der Waals surface area contributed by atoms with Gasteiger partial charge in [0.1, 0.15) is 5.56 Å². The van der Waals surface area contributed by atoms with Crippen LogP contribution >= 0.6 is 12.4 Å². The van der Waals surface area contributed by atoms with Gasteiger partial charge in [0, 0.05) is 19.1 Å². The van der Waals surface area contributed by atoms with Crippen LogP contribution in [0.25, 0.3) is 5.52 Å². The van der Waals surface area contributed by atoms with E-state index in [2.05, 4.69) is 6.92 Å². The molecule has 2 aliphatic rings. The highest BCUT2D eigenvalue weighted by Crippen LogP contribution is 2.44. The van der Waals surface area contributed by atoms with E-state index in [0.29, 0.717) is 29.2 Å². The average Bonchev–Trinajstić information content (AvgIpc) is 3.40. The Balaban J connectivity index is 0.00000256. The van der Waals surface area contributed by atoms with Crippen LogP contribution in [0.1, 0.15) is 66.4 Å². The number of fused-ring (bicyclic) bond motifs is 1. The summed E-state index contributed by atoms with van der Waals surface area (Å²) >= 11 is 0. The predicted octanol–water partition coefficient (Wildman–Crippen LogP) is 3.70. The van der Waals surface area contributed by atoms with E-state index in [1.54, 1.807) is 0 Å². The highest BCUT2D eigenvalue weighted by atomic mass is 35.5. The van der Waals surface area contributed by atoms with Gasteiger partial charge in [-0.15, -0.1) is 12.4 Å². The van der Waals surface area contributed by atoms with Crippen LogP contribution in [-0.2, 0) is 0 Å². The second kappa shape index (κ2) is 8.55. The normalized spacial score (nSPS) is 19.7. The molecule has 164 valence electrons. The molecule has 3 N–H and O–H groups in total. The summed E-state index contributed by atoms with van der Waals surface area (Å²) in [5, 5.41) is 9.42. The van der Waals surface area contributed by atoms with Crippen molar-refractivity contribution in [1.29, 1.82) is 0 Å². The van der Waals surface area contributed by atoms with Crippen molar-refractivity contribution in [1.82, 2.24) is 4.40 Å². The quantitative estimate of drug-likeness (QED) is 0.719. The van der Waals surface area contributed by atoms with Crippen molar-refractivity contribution in [3.8, 4) is 0 Å². The number of halogens is 2. The molecule has 3 heterocycles. The second-order valence-corrected chi connectivity index (χ2v) is 8.51. The SMILES string of the molecule is CCCC(N)[C@@H]1CCN(c2c(F)cn3c(=O)c(C(=O)O)cc(C4CC4)c3c2C)C1.Cl. The van der Waals surface area contributed by atoms with Gasteiger partial charge in [0.25, 0.3) is 5.56 Å². The number of carbonyl (C=O) groups is 1. The molecule has 30 heavy (non-hydrogen) atoms. The molecular formula is C22H29ClFN3O3. The maximum atomic E-state index is 15.2. The minimum atomic E-state index is -1.28. The number of rotatable bonds is 6. The molecule has 6 nitrogen and oxygen atoms in total.